The molecule has 25 heavy (non-hydrogen) atoms. The highest BCUT2D eigenvalue weighted by Gasteiger charge is 2.18. The second-order valence-corrected chi connectivity index (χ2v) is 5.34. The molecule has 0 fully saturated rings. The SMILES string of the molecule is O=C(O)c1ccc(C(=O)N(Nc2ccccc2)c2ccccc2)cc1. The minimum absolute atomic E-state index is 0.138. The Hall–Kier alpha value is -3.60. The second-order valence-electron chi connectivity index (χ2n) is 5.34. The summed E-state index contributed by atoms with van der Waals surface area (Å²) in [6.45, 7) is 0. The van der Waals surface area contributed by atoms with Gasteiger partial charge in [0, 0.05) is 5.56 Å². The molecule has 0 aliphatic rings. The Morgan fingerprint density at radius 1 is 0.720 bits per heavy atom. The van der Waals surface area contributed by atoms with Crippen molar-refractivity contribution in [3.8, 4) is 0 Å². The fourth-order valence-electron chi connectivity index (χ4n) is 2.34. The molecule has 0 heterocycles. The molecule has 0 aliphatic heterocycles. The van der Waals surface area contributed by atoms with Crippen LogP contribution in [0.5, 0.6) is 0 Å². The Bertz CT molecular complexity index is 862. The van der Waals surface area contributed by atoms with Gasteiger partial charge in [0.25, 0.3) is 5.91 Å². The summed E-state index contributed by atoms with van der Waals surface area (Å²) in [5, 5.41) is 10.4. The number of para-hydroxylation sites is 2. The number of aromatic carboxylic acids is 1. The van der Waals surface area contributed by atoms with E-state index in [9.17, 15) is 9.59 Å². The largest absolute Gasteiger partial charge is 0.478 e. The van der Waals surface area contributed by atoms with Crippen LogP contribution in [0.25, 0.3) is 0 Å². The van der Waals surface area contributed by atoms with Gasteiger partial charge >= 0.3 is 5.97 Å². The molecule has 3 aromatic carbocycles. The number of anilines is 2. The Kier molecular flexibility index (Phi) is 4.76. The summed E-state index contributed by atoms with van der Waals surface area (Å²) in [4.78, 5) is 23.9. The normalized spacial score (nSPS) is 10.1. The van der Waals surface area contributed by atoms with Crippen LogP contribution in [0, 0.1) is 0 Å². The van der Waals surface area contributed by atoms with Crippen LogP contribution >= 0.6 is 0 Å². The van der Waals surface area contributed by atoms with E-state index in [2.05, 4.69) is 5.43 Å². The number of nitrogens with zero attached hydrogens (tertiary/aromatic N) is 1. The number of carbonyl (C=O) groups is 2. The molecule has 0 saturated heterocycles. The molecule has 0 radical (unpaired) electrons. The van der Waals surface area contributed by atoms with Crippen LogP contribution < -0.4 is 10.4 Å². The van der Waals surface area contributed by atoms with Crippen LogP contribution in [0.1, 0.15) is 20.7 Å². The van der Waals surface area contributed by atoms with Gasteiger partial charge in [-0.1, -0.05) is 36.4 Å². The summed E-state index contributed by atoms with van der Waals surface area (Å²) < 4.78 is 0. The number of benzene rings is 3. The fraction of sp³-hybridized carbons (Fsp3) is 0. The van der Waals surface area contributed by atoms with E-state index >= 15 is 0 Å². The third kappa shape index (κ3) is 3.84. The third-order valence-electron chi connectivity index (χ3n) is 3.61. The standard InChI is InChI=1S/C20H16N2O3/c23-19(15-11-13-16(14-12-15)20(24)25)22(18-9-5-2-6-10-18)21-17-7-3-1-4-8-17/h1-14,21H,(H,24,25). The Balaban J connectivity index is 1.93. The average molecular weight is 332 g/mol. The van der Waals surface area contributed by atoms with Gasteiger partial charge in [-0.25, -0.2) is 9.80 Å². The van der Waals surface area contributed by atoms with Crippen LogP contribution in [0.4, 0.5) is 11.4 Å². The number of amides is 1. The number of hydrogen-bond donors (Lipinski definition) is 2. The molecule has 0 atom stereocenters. The molecule has 3 aromatic rings. The number of nitrogens with one attached hydrogen (secondary N) is 1. The van der Waals surface area contributed by atoms with Gasteiger partial charge in [0.2, 0.25) is 0 Å². The molecule has 124 valence electrons. The number of carboxylic acids is 1. The van der Waals surface area contributed by atoms with E-state index < -0.39 is 5.97 Å². The van der Waals surface area contributed by atoms with Crippen molar-refractivity contribution < 1.29 is 14.7 Å². The van der Waals surface area contributed by atoms with Crippen molar-refractivity contribution in [3.63, 3.8) is 0 Å². The molecule has 0 aliphatic carbocycles. The highest BCUT2D eigenvalue weighted by Crippen LogP contribution is 2.19. The van der Waals surface area contributed by atoms with E-state index in [0.717, 1.165) is 5.69 Å². The molecule has 5 heteroatoms. The molecule has 5 nitrogen and oxygen atoms in total. The van der Waals surface area contributed by atoms with Crippen molar-refractivity contribution in [1.82, 2.24) is 0 Å². The van der Waals surface area contributed by atoms with Crippen molar-refractivity contribution in [2.45, 2.75) is 0 Å². The van der Waals surface area contributed by atoms with Gasteiger partial charge in [0.15, 0.2) is 0 Å². The number of hydrazine groups is 1. The van der Waals surface area contributed by atoms with Crippen molar-refractivity contribution >= 4 is 23.3 Å². The molecular weight excluding hydrogens is 316 g/mol. The van der Waals surface area contributed by atoms with E-state index in [-0.39, 0.29) is 11.5 Å². The number of rotatable bonds is 5. The molecule has 0 bridgehead atoms. The molecule has 0 aromatic heterocycles. The van der Waals surface area contributed by atoms with E-state index in [1.807, 2.05) is 60.7 Å². The summed E-state index contributed by atoms with van der Waals surface area (Å²) in [7, 11) is 0. The first-order chi connectivity index (χ1) is 12.1. The van der Waals surface area contributed by atoms with Crippen LogP contribution in [0.3, 0.4) is 0 Å². The molecule has 1 amide bonds. The van der Waals surface area contributed by atoms with Gasteiger partial charge in [-0.15, -0.1) is 0 Å². The smallest absolute Gasteiger partial charge is 0.335 e. The lowest BCUT2D eigenvalue weighted by molar-refractivity contribution is 0.0696. The highest BCUT2D eigenvalue weighted by atomic mass is 16.4. The maximum Gasteiger partial charge on any atom is 0.335 e. The lowest BCUT2D eigenvalue weighted by atomic mass is 10.1. The highest BCUT2D eigenvalue weighted by molar-refractivity contribution is 6.07. The molecule has 2 N–H and O–H groups in total. The first-order valence-corrected chi connectivity index (χ1v) is 7.70. The fourth-order valence-corrected chi connectivity index (χ4v) is 2.34. The Labute approximate surface area is 145 Å². The number of carboxylic acid groups (broad SMARTS) is 1. The molecule has 0 unspecified atom stereocenters. The average Bonchev–Trinajstić information content (AvgIpc) is 2.67. The summed E-state index contributed by atoms with van der Waals surface area (Å²) in [6.07, 6.45) is 0. The van der Waals surface area contributed by atoms with Gasteiger partial charge in [0.05, 0.1) is 16.9 Å². The lowest BCUT2D eigenvalue weighted by Crippen LogP contribution is -2.36. The quantitative estimate of drug-likeness (QED) is 0.691. The summed E-state index contributed by atoms with van der Waals surface area (Å²) in [5.74, 6) is -1.31. The zero-order valence-electron chi connectivity index (χ0n) is 13.3. The van der Waals surface area contributed by atoms with Gasteiger partial charge in [-0.3, -0.25) is 10.2 Å². The first kappa shape index (κ1) is 16.3. The van der Waals surface area contributed by atoms with Crippen molar-refractivity contribution in [1.29, 1.82) is 0 Å². The summed E-state index contributed by atoms with van der Waals surface area (Å²) in [5.41, 5.74) is 5.07. The van der Waals surface area contributed by atoms with Crippen LogP contribution in [-0.2, 0) is 0 Å². The molecule has 0 saturated carbocycles. The number of carbonyl (C=O) groups excluding carboxylic acids is 1. The first-order valence-electron chi connectivity index (χ1n) is 7.70. The van der Waals surface area contributed by atoms with Crippen LogP contribution in [0.15, 0.2) is 84.9 Å². The minimum Gasteiger partial charge on any atom is -0.478 e. The second kappa shape index (κ2) is 7.31. The van der Waals surface area contributed by atoms with Crippen LogP contribution in [0.2, 0.25) is 0 Å². The molecule has 3 rings (SSSR count). The predicted molar refractivity (Wildman–Crippen MR) is 96.7 cm³/mol. The van der Waals surface area contributed by atoms with Gasteiger partial charge in [-0.2, -0.15) is 0 Å². The van der Waals surface area contributed by atoms with Crippen molar-refractivity contribution in [2.24, 2.45) is 0 Å². The maximum atomic E-state index is 12.9. The predicted octanol–water partition coefficient (Wildman–Crippen LogP) is 4.06. The van der Waals surface area contributed by atoms with Gasteiger partial charge < -0.3 is 5.11 Å². The molecular formula is C20H16N2O3. The Morgan fingerprint density at radius 3 is 1.80 bits per heavy atom. The topological polar surface area (TPSA) is 69.6 Å². The Morgan fingerprint density at radius 2 is 1.24 bits per heavy atom. The maximum absolute atomic E-state index is 12.9. The zero-order valence-corrected chi connectivity index (χ0v) is 13.3. The van der Waals surface area contributed by atoms with E-state index in [4.69, 9.17) is 5.11 Å². The van der Waals surface area contributed by atoms with E-state index in [0.29, 0.717) is 11.3 Å². The lowest BCUT2D eigenvalue weighted by Gasteiger charge is -2.24. The summed E-state index contributed by atoms with van der Waals surface area (Å²) in [6, 6.07) is 24.4. The number of hydrogen-bond acceptors (Lipinski definition) is 3. The van der Waals surface area contributed by atoms with Gasteiger partial charge in [-0.05, 0) is 48.5 Å². The van der Waals surface area contributed by atoms with Crippen LogP contribution in [-0.4, -0.2) is 17.0 Å². The molecule has 0 spiro atoms. The third-order valence-corrected chi connectivity index (χ3v) is 3.61. The van der Waals surface area contributed by atoms with Crippen molar-refractivity contribution in [2.75, 3.05) is 10.4 Å². The summed E-state index contributed by atoms with van der Waals surface area (Å²) >= 11 is 0. The van der Waals surface area contributed by atoms with Crippen molar-refractivity contribution in [3.05, 3.63) is 96.1 Å². The van der Waals surface area contributed by atoms with E-state index in [1.54, 1.807) is 0 Å². The zero-order chi connectivity index (χ0) is 17.6. The monoisotopic (exact) mass is 332 g/mol. The minimum atomic E-state index is -1.03. The van der Waals surface area contributed by atoms with Gasteiger partial charge in [0.1, 0.15) is 0 Å². The van der Waals surface area contributed by atoms with E-state index in [1.165, 1.54) is 29.3 Å².